The minimum absolute atomic E-state index is 0.0400. The lowest BCUT2D eigenvalue weighted by Crippen LogP contribution is -2.01. The molecule has 16 heavy (non-hydrogen) atoms. The number of aromatic nitrogens is 2. The lowest BCUT2D eigenvalue weighted by molar-refractivity contribution is 0.0553. The van der Waals surface area contributed by atoms with Crippen molar-refractivity contribution >= 4 is 5.97 Å². The third-order valence-electron chi connectivity index (χ3n) is 3.01. The van der Waals surface area contributed by atoms with Gasteiger partial charge in [0, 0.05) is 5.92 Å². The summed E-state index contributed by atoms with van der Waals surface area (Å²) in [4.78, 5) is 11.2. The van der Waals surface area contributed by atoms with Crippen molar-refractivity contribution in [1.29, 1.82) is 0 Å². The fourth-order valence-electron chi connectivity index (χ4n) is 2.10. The molecule has 1 aliphatic rings. The topological polar surface area (TPSA) is 65.2 Å². The highest BCUT2D eigenvalue weighted by molar-refractivity contribution is 5.83. The maximum absolute atomic E-state index is 11.2. The van der Waals surface area contributed by atoms with Crippen molar-refractivity contribution in [3.8, 4) is 0 Å². The zero-order valence-corrected chi connectivity index (χ0v) is 9.44. The van der Waals surface area contributed by atoms with Crippen LogP contribution in [0.2, 0.25) is 0 Å². The molecular weight excluding hydrogens is 208 g/mol. The van der Waals surface area contributed by atoms with Crippen LogP contribution in [0.5, 0.6) is 0 Å². The Hall–Kier alpha value is -1.39. The van der Waals surface area contributed by atoms with E-state index in [0.717, 1.165) is 12.8 Å². The fourth-order valence-corrected chi connectivity index (χ4v) is 2.10. The van der Waals surface area contributed by atoms with Crippen LogP contribution in [0.25, 0.3) is 0 Å². The largest absolute Gasteiger partial charge is 0.462 e. The number of rotatable bonds is 2. The second-order valence-electron chi connectivity index (χ2n) is 4.13. The van der Waals surface area contributed by atoms with E-state index in [9.17, 15) is 4.79 Å². The smallest absolute Gasteiger partial charge is 0.396 e. The Balaban J connectivity index is 2.08. The third kappa shape index (κ3) is 2.40. The predicted molar refractivity (Wildman–Crippen MR) is 56.1 cm³/mol. The van der Waals surface area contributed by atoms with E-state index < -0.39 is 5.97 Å². The van der Waals surface area contributed by atoms with Gasteiger partial charge < -0.3 is 9.15 Å². The molecule has 0 spiro atoms. The Kier molecular flexibility index (Phi) is 3.54. The number of hydrogen-bond acceptors (Lipinski definition) is 5. The van der Waals surface area contributed by atoms with E-state index in [1.54, 1.807) is 0 Å². The minimum Gasteiger partial charge on any atom is -0.462 e. The third-order valence-corrected chi connectivity index (χ3v) is 3.01. The van der Waals surface area contributed by atoms with Crippen LogP contribution < -0.4 is 0 Å². The lowest BCUT2D eigenvalue weighted by Gasteiger charge is -2.07. The number of hydrogen-bond donors (Lipinski definition) is 0. The molecule has 1 aromatic heterocycles. The Labute approximate surface area is 94.2 Å². The summed E-state index contributed by atoms with van der Waals surface area (Å²) in [5.74, 6) is 0.296. The highest BCUT2D eigenvalue weighted by atomic mass is 16.5. The Morgan fingerprint density at radius 2 is 1.94 bits per heavy atom. The molecule has 0 unspecified atom stereocenters. The molecule has 1 aromatic rings. The van der Waals surface area contributed by atoms with Crippen LogP contribution in [-0.4, -0.2) is 23.3 Å². The van der Waals surface area contributed by atoms with Gasteiger partial charge >= 0.3 is 11.9 Å². The first-order valence-corrected chi connectivity index (χ1v) is 5.73. The standard InChI is InChI=1S/C11H16N2O3/c1-15-11(14)10-13-12-9(16-10)8-6-4-2-3-5-7-8/h8H,2-7H2,1H3. The van der Waals surface area contributed by atoms with E-state index >= 15 is 0 Å². The summed E-state index contributed by atoms with van der Waals surface area (Å²) in [6, 6.07) is 0. The van der Waals surface area contributed by atoms with Crippen LogP contribution in [0.15, 0.2) is 4.42 Å². The van der Waals surface area contributed by atoms with E-state index in [1.165, 1.54) is 32.8 Å². The molecule has 0 radical (unpaired) electrons. The molecule has 1 fully saturated rings. The normalized spacial score (nSPS) is 18.1. The SMILES string of the molecule is COC(=O)c1nnc(C2CCCCCC2)o1. The average Bonchev–Trinajstić information content (AvgIpc) is 2.64. The highest BCUT2D eigenvalue weighted by Crippen LogP contribution is 2.30. The summed E-state index contributed by atoms with van der Waals surface area (Å²) >= 11 is 0. The Morgan fingerprint density at radius 3 is 2.56 bits per heavy atom. The monoisotopic (exact) mass is 224 g/mol. The summed E-state index contributed by atoms with van der Waals surface area (Å²) in [7, 11) is 1.30. The van der Waals surface area contributed by atoms with Crippen LogP contribution >= 0.6 is 0 Å². The van der Waals surface area contributed by atoms with Crippen molar-refractivity contribution < 1.29 is 13.9 Å². The van der Waals surface area contributed by atoms with E-state index in [4.69, 9.17) is 4.42 Å². The molecule has 0 atom stereocenters. The number of methoxy groups -OCH3 is 1. The van der Waals surface area contributed by atoms with Crippen molar-refractivity contribution in [3.05, 3.63) is 11.8 Å². The molecule has 1 heterocycles. The number of carbonyl (C=O) groups excluding carboxylic acids is 1. The van der Waals surface area contributed by atoms with E-state index in [-0.39, 0.29) is 5.89 Å². The summed E-state index contributed by atoms with van der Waals surface area (Å²) < 4.78 is 9.86. The van der Waals surface area contributed by atoms with Gasteiger partial charge in [-0.05, 0) is 12.8 Å². The van der Waals surface area contributed by atoms with Crippen LogP contribution in [0, 0.1) is 0 Å². The summed E-state index contributed by atoms with van der Waals surface area (Å²) in [6.45, 7) is 0. The quantitative estimate of drug-likeness (QED) is 0.569. The molecule has 88 valence electrons. The molecule has 0 N–H and O–H groups in total. The van der Waals surface area contributed by atoms with Gasteiger partial charge in [0.05, 0.1) is 7.11 Å². The van der Waals surface area contributed by atoms with Gasteiger partial charge in [0.2, 0.25) is 5.89 Å². The minimum atomic E-state index is -0.563. The molecule has 5 heteroatoms. The van der Waals surface area contributed by atoms with Gasteiger partial charge in [0.15, 0.2) is 0 Å². The molecule has 0 aliphatic heterocycles. The number of esters is 1. The van der Waals surface area contributed by atoms with E-state index in [0.29, 0.717) is 11.8 Å². The second kappa shape index (κ2) is 5.09. The van der Waals surface area contributed by atoms with Crippen LogP contribution in [-0.2, 0) is 4.74 Å². The van der Waals surface area contributed by atoms with Gasteiger partial charge in [0.25, 0.3) is 0 Å². The molecular formula is C11H16N2O3. The molecule has 0 amide bonds. The lowest BCUT2D eigenvalue weighted by atomic mass is 10.0. The zero-order valence-electron chi connectivity index (χ0n) is 9.44. The average molecular weight is 224 g/mol. The van der Waals surface area contributed by atoms with Gasteiger partial charge in [-0.25, -0.2) is 4.79 Å². The van der Waals surface area contributed by atoms with Crippen molar-refractivity contribution in [2.24, 2.45) is 0 Å². The van der Waals surface area contributed by atoms with Crippen LogP contribution in [0.4, 0.5) is 0 Å². The number of nitrogens with zero attached hydrogens (tertiary/aromatic N) is 2. The first-order valence-electron chi connectivity index (χ1n) is 5.73. The van der Waals surface area contributed by atoms with Gasteiger partial charge in [-0.2, -0.15) is 0 Å². The molecule has 5 nitrogen and oxygen atoms in total. The molecule has 1 saturated carbocycles. The molecule has 1 aliphatic carbocycles. The summed E-state index contributed by atoms with van der Waals surface area (Å²) in [6.07, 6.45) is 7.08. The zero-order chi connectivity index (χ0) is 11.4. The second-order valence-corrected chi connectivity index (χ2v) is 4.13. The molecule has 0 saturated heterocycles. The van der Waals surface area contributed by atoms with Crippen molar-refractivity contribution in [3.63, 3.8) is 0 Å². The van der Waals surface area contributed by atoms with E-state index in [1.807, 2.05) is 0 Å². The molecule has 2 rings (SSSR count). The van der Waals surface area contributed by atoms with Crippen LogP contribution in [0.3, 0.4) is 0 Å². The van der Waals surface area contributed by atoms with Gasteiger partial charge in [0.1, 0.15) is 0 Å². The van der Waals surface area contributed by atoms with Crippen molar-refractivity contribution in [2.75, 3.05) is 7.11 Å². The van der Waals surface area contributed by atoms with Gasteiger partial charge in [-0.1, -0.05) is 25.7 Å². The number of carbonyl (C=O) groups is 1. The van der Waals surface area contributed by atoms with Crippen molar-refractivity contribution in [2.45, 2.75) is 44.4 Å². The maximum Gasteiger partial charge on any atom is 0.396 e. The first kappa shape index (κ1) is 11.1. The summed E-state index contributed by atoms with van der Waals surface area (Å²) in [5.41, 5.74) is 0. The molecule has 0 bridgehead atoms. The first-order chi connectivity index (χ1) is 7.81. The van der Waals surface area contributed by atoms with Crippen LogP contribution in [0.1, 0.15) is 61.0 Å². The molecule has 0 aromatic carbocycles. The maximum atomic E-state index is 11.2. The van der Waals surface area contributed by atoms with Gasteiger partial charge in [-0.3, -0.25) is 0 Å². The van der Waals surface area contributed by atoms with Crippen molar-refractivity contribution in [1.82, 2.24) is 10.2 Å². The Bertz CT molecular complexity index is 354. The Morgan fingerprint density at radius 1 is 1.25 bits per heavy atom. The highest BCUT2D eigenvalue weighted by Gasteiger charge is 2.22. The van der Waals surface area contributed by atoms with E-state index in [2.05, 4.69) is 14.9 Å². The summed E-state index contributed by atoms with van der Waals surface area (Å²) in [5, 5.41) is 7.63. The predicted octanol–water partition coefficient (Wildman–Crippen LogP) is 2.29. The van der Waals surface area contributed by atoms with Gasteiger partial charge in [-0.15, -0.1) is 10.2 Å². The number of ether oxygens (including phenoxy) is 1. The fraction of sp³-hybridized carbons (Fsp3) is 0.727.